The molecule has 0 aliphatic rings. The number of hydrogen-bond donors (Lipinski definition) is 0. The minimum Gasteiger partial charge on any atom is -0.497 e. The Balaban J connectivity index is 1.74. The number of methoxy groups -OCH3 is 1. The number of aryl methyl sites for hydroxylation is 1. The Kier molecular flexibility index (Phi) is 4.28. The molecule has 118 valence electrons. The Bertz CT molecular complexity index is 781. The molecule has 0 saturated heterocycles. The zero-order chi connectivity index (χ0) is 16.2. The van der Waals surface area contributed by atoms with Crippen molar-refractivity contribution in [2.45, 2.75) is 20.0 Å². The van der Waals surface area contributed by atoms with Crippen molar-refractivity contribution in [1.29, 1.82) is 0 Å². The fourth-order valence-electron chi connectivity index (χ4n) is 2.21. The molecule has 0 saturated carbocycles. The predicted molar refractivity (Wildman–Crippen MR) is 86.5 cm³/mol. The molecule has 0 aliphatic carbocycles. The second-order valence-corrected chi connectivity index (χ2v) is 5.26. The molecular weight excluding hydrogens is 292 g/mol. The van der Waals surface area contributed by atoms with Crippen molar-refractivity contribution in [2.24, 2.45) is 0 Å². The van der Waals surface area contributed by atoms with Crippen LogP contribution in [-0.2, 0) is 0 Å². The summed E-state index contributed by atoms with van der Waals surface area (Å²) in [6.45, 7) is 3.90. The van der Waals surface area contributed by atoms with Crippen LogP contribution in [0.4, 0.5) is 0 Å². The number of ether oxygens (including phenoxy) is 2. The SMILES string of the molecule is COc1ccc(O[C@@H](C)c2nc(-c3cccc(C)c3)no2)cc1. The van der Waals surface area contributed by atoms with Crippen molar-refractivity contribution in [3.8, 4) is 22.9 Å². The second kappa shape index (κ2) is 6.52. The molecule has 0 N–H and O–H groups in total. The first-order chi connectivity index (χ1) is 11.2. The van der Waals surface area contributed by atoms with Gasteiger partial charge in [0, 0.05) is 5.56 Å². The lowest BCUT2D eigenvalue weighted by Crippen LogP contribution is -2.03. The lowest BCUT2D eigenvalue weighted by atomic mass is 10.1. The molecule has 0 bridgehead atoms. The minimum atomic E-state index is -0.338. The van der Waals surface area contributed by atoms with Crippen molar-refractivity contribution in [1.82, 2.24) is 10.1 Å². The van der Waals surface area contributed by atoms with Gasteiger partial charge in [-0.15, -0.1) is 0 Å². The van der Waals surface area contributed by atoms with Gasteiger partial charge in [0.2, 0.25) is 5.82 Å². The zero-order valence-corrected chi connectivity index (χ0v) is 13.3. The van der Waals surface area contributed by atoms with Gasteiger partial charge in [-0.25, -0.2) is 0 Å². The number of nitrogens with zero attached hydrogens (tertiary/aromatic N) is 2. The lowest BCUT2D eigenvalue weighted by Gasteiger charge is -2.10. The normalized spacial score (nSPS) is 12.0. The van der Waals surface area contributed by atoms with E-state index in [0.717, 1.165) is 16.9 Å². The monoisotopic (exact) mass is 310 g/mol. The molecule has 1 atom stereocenters. The standard InChI is InChI=1S/C18H18N2O3/c1-12-5-4-6-14(11-12)17-19-18(23-20-17)13(2)22-16-9-7-15(21-3)8-10-16/h4-11,13H,1-3H3/t13-/m0/s1. The Morgan fingerprint density at radius 3 is 2.48 bits per heavy atom. The van der Waals surface area contributed by atoms with Crippen LogP contribution in [0.1, 0.15) is 24.5 Å². The molecule has 0 spiro atoms. The third-order valence-corrected chi connectivity index (χ3v) is 3.44. The van der Waals surface area contributed by atoms with Crippen molar-refractivity contribution < 1.29 is 14.0 Å². The van der Waals surface area contributed by atoms with Crippen molar-refractivity contribution in [3.63, 3.8) is 0 Å². The molecule has 1 aromatic heterocycles. The highest BCUT2D eigenvalue weighted by Crippen LogP contribution is 2.25. The van der Waals surface area contributed by atoms with Crippen molar-refractivity contribution in [2.75, 3.05) is 7.11 Å². The third kappa shape index (κ3) is 3.51. The summed E-state index contributed by atoms with van der Waals surface area (Å²) >= 11 is 0. The molecule has 0 radical (unpaired) electrons. The summed E-state index contributed by atoms with van der Waals surface area (Å²) in [6.07, 6.45) is -0.338. The van der Waals surface area contributed by atoms with Gasteiger partial charge >= 0.3 is 0 Å². The lowest BCUT2D eigenvalue weighted by molar-refractivity contribution is 0.175. The number of hydrogen-bond acceptors (Lipinski definition) is 5. The van der Waals surface area contributed by atoms with Crippen molar-refractivity contribution >= 4 is 0 Å². The van der Waals surface area contributed by atoms with Crippen LogP contribution in [0.3, 0.4) is 0 Å². The highest BCUT2D eigenvalue weighted by atomic mass is 16.5. The quantitative estimate of drug-likeness (QED) is 0.707. The highest BCUT2D eigenvalue weighted by Gasteiger charge is 2.17. The maximum Gasteiger partial charge on any atom is 0.267 e. The molecule has 1 heterocycles. The van der Waals surface area contributed by atoms with Gasteiger partial charge in [0.25, 0.3) is 5.89 Å². The van der Waals surface area contributed by atoms with Gasteiger partial charge < -0.3 is 14.0 Å². The molecule has 0 aliphatic heterocycles. The van der Waals surface area contributed by atoms with Gasteiger partial charge in [-0.2, -0.15) is 4.98 Å². The minimum absolute atomic E-state index is 0.338. The molecule has 0 amide bonds. The second-order valence-electron chi connectivity index (χ2n) is 5.26. The molecular formula is C18H18N2O3. The number of benzene rings is 2. The van der Waals surface area contributed by atoms with E-state index < -0.39 is 0 Å². The van der Waals surface area contributed by atoms with Gasteiger partial charge in [-0.1, -0.05) is 28.9 Å². The summed E-state index contributed by atoms with van der Waals surface area (Å²) in [6, 6.07) is 15.3. The maximum atomic E-state index is 5.82. The molecule has 3 aromatic rings. The van der Waals surface area contributed by atoms with Gasteiger partial charge in [-0.3, -0.25) is 0 Å². The Labute approximate surface area is 134 Å². The Morgan fingerprint density at radius 1 is 1.04 bits per heavy atom. The fraction of sp³-hybridized carbons (Fsp3) is 0.222. The molecule has 0 unspecified atom stereocenters. The number of aromatic nitrogens is 2. The molecule has 5 heteroatoms. The maximum absolute atomic E-state index is 5.82. The smallest absolute Gasteiger partial charge is 0.267 e. The molecule has 0 fully saturated rings. The van der Waals surface area contributed by atoms with Crippen LogP contribution in [0, 0.1) is 6.92 Å². The Hall–Kier alpha value is -2.82. The van der Waals surface area contributed by atoms with Gasteiger partial charge in [0.15, 0.2) is 6.10 Å². The van der Waals surface area contributed by atoms with Crippen LogP contribution in [0.5, 0.6) is 11.5 Å². The molecule has 3 rings (SSSR count). The Morgan fingerprint density at radius 2 is 1.78 bits per heavy atom. The molecule has 23 heavy (non-hydrogen) atoms. The zero-order valence-electron chi connectivity index (χ0n) is 13.3. The fourth-order valence-corrected chi connectivity index (χ4v) is 2.21. The molecule has 2 aromatic carbocycles. The summed E-state index contributed by atoms with van der Waals surface area (Å²) in [5, 5.41) is 4.03. The largest absolute Gasteiger partial charge is 0.497 e. The number of rotatable bonds is 5. The van der Waals surface area contributed by atoms with Crippen LogP contribution in [-0.4, -0.2) is 17.3 Å². The first kappa shape index (κ1) is 15.1. The van der Waals surface area contributed by atoms with Gasteiger partial charge in [0.1, 0.15) is 11.5 Å². The van der Waals surface area contributed by atoms with Crippen LogP contribution in [0.15, 0.2) is 53.1 Å². The summed E-state index contributed by atoms with van der Waals surface area (Å²) in [4.78, 5) is 4.42. The van der Waals surface area contributed by atoms with E-state index in [9.17, 15) is 0 Å². The molecule has 5 nitrogen and oxygen atoms in total. The van der Waals surface area contributed by atoms with Gasteiger partial charge in [0.05, 0.1) is 7.11 Å². The van der Waals surface area contributed by atoms with Crippen LogP contribution in [0.25, 0.3) is 11.4 Å². The van der Waals surface area contributed by atoms with E-state index in [4.69, 9.17) is 14.0 Å². The van der Waals surface area contributed by atoms with Crippen LogP contribution in [0.2, 0.25) is 0 Å². The summed E-state index contributed by atoms with van der Waals surface area (Å²) in [5.74, 6) is 2.50. The first-order valence-corrected chi connectivity index (χ1v) is 7.37. The third-order valence-electron chi connectivity index (χ3n) is 3.44. The van der Waals surface area contributed by atoms with E-state index in [2.05, 4.69) is 10.1 Å². The average Bonchev–Trinajstić information content (AvgIpc) is 3.06. The predicted octanol–water partition coefficient (Wildman–Crippen LogP) is 4.19. The summed E-state index contributed by atoms with van der Waals surface area (Å²) < 4.78 is 16.3. The van der Waals surface area contributed by atoms with Crippen LogP contribution >= 0.6 is 0 Å². The average molecular weight is 310 g/mol. The van der Waals surface area contributed by atoms with E-state index in [0.29, 0.717) is 17.5 Å². The van der Waals surface area contributed by atoms with E-state index in [1.54, 1.807) is 7.11 Å². The van der Waals surface area contributed by atoms with Crippen molar-refractivity contribution in [3.05, 3.63) is 60.0 Å². The van der Waals surface area contributed by atoms with Crippen LogP contribution < -0.4 is 9.47 Å². The summed E-state index contributed by atoms with van der Waals surface area (Å²) in [5.41, 5.74) is 2.08. The first-order valence-electron chi connectivity index (χ1n) is 7.37. The van der Waals surface area contributed by atoms with Gasteiger partial charge in [-0.05, 0) is 44.2 Å². The topological polar surface area (TPSA) is 57.4 Å². The van der Waals surface area contributed by atoms with E-state index in [1.807, 2.05) is 62.4 Å². The summed E-state index contributed by atoms with van der Waals surface area (Å²) in [7, 11) is 1.63. The highest BCUT2D eigenvalue weighted by molar-refractivity contribution is 5.55. The van der Waals surface area contributed by atoms with E-state index >= 15 is 0 Å². The van der Waals surface area contributed by atoms with E-state index in [-0.39, 0.29) is 6.10 Å². The van der Waals surface area contributed by atoms with E-state index in [1.165, 1.54) is 0 Å².